The molecule has 0 bridgehead atoms. The lowest BCUT2D eigenvalue weighted by Crippen LogP contribution is -2.04. The highest BCUT2D eigenvalue weighted by Crippen LogP contribution is 2.41. The third kappa shape index (κ3) is 4.89. The highest BCUT2D eigenvalue weighted by molar-refractivity contribution is 5.92. The highest BCUT2D eigenvalue weighted by Gasteiger charge is 2.16. The summed E-state index contributed by atoms with van der Waals surface area (Å²) in [7, 11) is 0. The number of carboxylic acid groups (broad SMARTS) is 1. The van der Waals surface area contributed by atoms with E-state index < -0.39 is 6.16 Å². The first-order valence-corrected chi connectivity index (χ1v) is 13.9. The van der Waals surface area contributed by atoms with Crippen LogP contribution in [0.1, 0.15) is 0 Å². The minimum Gasteiger partial charge on any atom is -0.449 e. The van der Waals surface area contributed by atoms with Gasteiger partial charge in [-0.15, -0.1) is 0 Å². The highest BCUT2D eigenvalue weighted by atomic mass is 16.7. The predicted molar refractivity (Wildman–Crippen MR) is 172 cm³/mol. The Morgan fingerprint density at radius 1 is 0.429 bits per heavy atom. The van der Waals surface area contributed by atoms with Gasteiger partial charge in [-0.2, -0.15) is 0 Å². The van der Waals surface area contributed by atoms with E-state index in [2.05, 4.69) is 103 Å². The van der Waals surface area contributed by atoms with Crippen LogP contribution in [-0.2, 0) is 0 Å². The van der Waals surface area contributed by atoms with Gasteiger partial charge in [-0.05, 0) is 78.7 Å². The summed E-state index contributed by atoms with van der Waals surface area (Å²) in [6.07, 6.45) is -1.34. The summed E-state index contributed by atoms with van der Waals surface area (Å²) in [4.78, 5) is 11.6. The number of benzene rings is 7. The number of fused-ring (bicyclic) bond motifs is 2. The summed E-state index contributed by atoms with van der Waals surface area (Å²) in [6, 6.07) is 51.7. The van der Waals surface area contributed by atoms with Crippen LogP contribution in [0.5, 0.6) is 5.75 Å². The van der Waals surface area contributed by atoms with Crippen molar-refractivity contribution in [3.05, 3.63) is 152 Å². The van der Waals surface area contributed by atoms with Crippen LogP contribution in [0.15, 0.2) is 152 Å². The fourth-order valence-electron chi connectivity index (χ4n) is 5.66. The molecule has 0 aliphatic carbocycles. The van der Waals surface area contributed by atoms with Gasteiger partial charge in [0.05, 0.1) is 0 Å². The molecule has 0 aromatic heterocycles. The average Bonchev–Trinajstić information content (AvgIpc) is 3.04. The third-order valence-electron chi connectivity index (χ3n) is 7.76. The summed E-state index contributed by atoms with van der Waals surface area (Å²) in [5, 5.41) is 14.3. The Balaban J connectivity index is 1.27. The van der Waals surface area contributed by atoms with Crippen molar-refractivity contribution in [1.82, 2.24) is 0 Å². The molecular weight excluding hydrogens is 516 g/mol. The van der Waals surface area contributed by atoms with Gasteiger partial charge < -0.3 is 9.84 Å². The molecule has 0 aliphatic rings. The Kier molecular flexibility index (Phi) is 6.46. The van der Waals surface area contributed by atoms with Gasteiger partial charge in [0.1, 0.15) is 5.75 Å². The summed E-state index contributed by atoms with van der Waals surface area (Å²) >= 11 is 0. The van der Waals surface area contributed by atoms with E-state index >= 15 is 0 Å². The van der Waals surface area contributed by atoms with E-state index in [1.165, 1.54) is 21.5 Å². The zero-order valence-corrected chi connectivity index (χ0v) is 22.7. The summed E-state index contributed by atoms with van der Waals surface area (Å²) in [5.74, 6) is 0.303. The maximum atomic E-state index is 11.6. The molecule has 3 heteroatoms. The topological polar surface area (TPSA) is 46.5 Å². The second-order valence-corrected chi connectivity index (χ2v) is 10.3. The third-order valence-corrected chi connectivity index (χ3v) is 7.76. The molecule has 7 rings (SSSR count). The zero-order chi connectivity index (χ0) is 28.5. The number of hydrogen-bond acceptors (Lipinski definition) is 2. The van der Waals surface area contributed by atoms with Crippen molar-refractivity contribution in [2.45, 2.75) is 0 Å². The van der Waals surface area contributed by atoms with Gasteiger partial charge in [0, 0.05) is 5.56 Å². The number of hydrogen-bond donors (Lipinski definition) is 1. The predicted octanol–water partition coefficient (Wildman–Crippen LogP) is 10.7. The van der Waals surface area contributed by atoms with Crippen LogP contribution in [0.3, 0.4) is 0 Å². The fraction of sp³-hybridized carbons (Fsp3) is 0. The molecule has 0 amide bonds. The lowest BCUT2D eigenvalue weighted by molar-refractivity contribution is 0.144. The van der Waals surface area contributed by atoms with Gasteiger partial charge >= 0.3 is 6.16 Å². The Morgan fingerprint density at radius 2 is 0.881 bits per heavy atom. The summed E-state index contributed by atoms with van der Waals surface area (Å²) in [6.45, 7) is 0. The Morgan fingerprint density at radius 3 is 1.40 bits per heavy atom. The van der Waals surface area contributed by atoms with Crippen molar-refractivity contribution >= 4 is 27.7 Å². The second kappa shape index (κ2) is 10.7. The molecule has 0 radical (unpaired) electrons. The molecule has 0 heterocycles. The van der Waals surface area contributed by atoms with Crippen LogP contribution in [0.4, 0.5) is 4.79 Å². The second-order valence-electron chi connectivity index (χ2n) is 10.3. The Labute approximate surface area is 243 Å². The molecule has 7 aromatic rings. The molecular formula is C39H26O3. The maximum absolute atomic E-state index is 11.6. The van der Waals surface area contributed by atoms with Crippen LogP contribution >= 0.6 is 0 Å². The van der Waals surface area contributed by atoms with Gasteiger partial charge in [0.2, 0.25) is 0 Å². The van der Waals surface area contributed by atoms with Gasteiger partial charge in [-0.25, -0.2) is 4.79 Å². The van der Waals surface area contributed by atoms with Crippen LogP contribution in [0.25, 0.3) is 66.1 Å². The molecule has 42 heavy (non-hydrogen) atoms. The van der Waals surface area contributed by atoms with E-state index in [-0.39, 0.29) is 0 Å². The molecule has 0 saturated heterocycles. The number of ether oxygens (including phenoxy) is 1. The minimum atomic E-state index is -1.34. The number of rotatable bonds is 5. The van der Waals surface area contributed by atoms with Crippen LogP contribution < -0.4 is 4.74 Å². The molecule has 0 spiro atoms. The monoisotopic (exact) mass is 542 g/mol. The van der Waals surface area contributed by atoms with E-state index in [1.54, 1.807) is 6.07 Å². The average molecular weight is 543 g/mol. The smallest absolute Gasteiger partial charge is 0.449 e. The lowest BCUT2D eigenvalue weighted by atomic mass is 9.91. The summed E-state index contributed by atoms with van der Waals surface area (Å²) in [5.41, 5.74) is 7.97. The van der Waals surface area contributed by atoms with E-state index in [4.69, 9.17) is 4.74 Å². The first kappa shape index (κ1) is 25.3. The first-order chi connectivity index (χ1) is 20.6. The normalized spacial score (nSPS) is 11.0. The van der Waals surface area contributed by atoms with E-state index in [0.717, 1.165) is 44.5 Å². The molecule has 0 aliphatic heterocycles. The maximum Gasteiger partial charge on any atom is 0.511 e. The van der Waals surface area contributed by atoms with Gasteiger partial charge in [-0.3, -0.25) is 0 Å². The lowest BCUT2D eigenvalue weighted by Gasteiger charge is -2.15. The quantitative estimate of drug-likeness (QED) is 0.174. The molecule has 0 saturated carbocycles. The van der Waals surface area contributed by atoms with Crippen molar-refractivity contribution in [3.8, 4) is 50.3 Å². The largest absolute Gasteiger partial charge is 0.511 e. The Hall–Kier alpha value is -5.67. The van der Waals surface area contributed by atoms with Crippen molar-refractivity contribution in [2.24, 2.45) is 0 Å². The zero-order valence-electron chi connectivity index (χ0n) is 22.7. The molecule has 200 valence electrons. The minimum absolute atomic E-state index is 0.303. The van der Waals surface area contributed by atoms with Gasteiger partial charge in [0.25, 0.3) is 0 Å². The van der Waals surface area contributed by atoms with Crippen molar-refractivity contribution in [3.63, 3.8) is 0 Å². The van der Waals surface area contributed by atoms with Crippen LogP contribution in [0.2, 0.25) is 0 Å². The summed E-state index contributed by atoms with van der Waals surface area (Å²) < 4.78 is 5.28. The molecule has 0 atom stereocenters. The van der Waals surface area contributed by atoms with Crippen molar-refractivity contribution < 1.29 is 14.6 Å². The number of carbonyl (C=O) groups is 1. The SMILES string of the molecule is O=C(O)Oc1cccc(-c2ccc(-c3ccc4ccccc4c3)cc2)c1-c1ccc(-c2ccc3ccccc3c2)cc1. The van der Waals surface area contributed by atoms with Gasteiger partial charge in [0.15, 0.2) is 0 Å². The van der Waals surface area contributed by atoms with Gasteiger partial charge in [-0.1, -0.05) is 133 Å². The first-order valence-electron chi connectivity index (χ1n) is 13.9. The van der Waals surface area contributed by atoms with Crippen LogP contribution in [0, 0.1) is 0 Å². The van der Waals surface area contributed by atoms with E-state index in [0.29, 0.717) is 5.75 Å². The molecule has 1 N–H and O–H groups in total. The van der Waals surface area contributed by atoms with E-state index in [1.807, 2.05) is 42.5 Å². The molecule has 3 nitrogen and oxygen atoms in total. The van der Waals surface area contributed by atoms with Crippen LogP contribution in [-0.4, -0.2) is 11.3 Å². The standard InChI is InChI=1S/C39H26O3/c40-39(41)42-37-11-5-10-36(30-18-12-28(13-19-30)34-22-16-26-6-1-3-8-32(26)24-34)38(37)31-20-14-29(15-21-31)35-23-17-27-7-2-4-9-33(27)25-35/h1-25H,(H,40,41). The fourth-order valence-corrected chi connectivity index (χ4v) is 5.66. The van der Waals surface area contributed by atoms with Crippen molar-refractivity contribution in [1.29, 1.82) is 0 Å². The molecule has 7 aromatic carbocycles. The van der Waals surface area contributed by atoms with Crippen molar-refractivity contribution in [2.75, 3.05) is 0 Å². The Bertz CT molecular complexity index is 2070. The molecule has 0 fully saturated rings. The molecule has 0 unspecified atom stereocenters. The van der Waals surface area contributed by atoms with E-state index in [9.17, 15) is 9.90 Å².